The van der Waals surface area contributed by atoms with Crippen molar-refractivity contribution < 1.29 is 25.8 Å². The average Bonchev–Trinajstić information content (AvgIpc) is 1.99. The van der Waals surface area contributed by atoms with E-state index in [9.17, 15) is 0 Å². The zero-order valence-corrected chi connectivity index (χ0v) is 49.0. The Labute approximate surface area is 511 Å². The molecule has 0 saturated heterocycles. The van der Waals surface area contributed by atoms with Crippen LogP contribution in [-0.4, -0.2) is 16.4 Å². The van der Waals surface area contributed by atoms with Gasteiger partial charge in [-0.25, -0.2) is 4.98 Å². The van der Waals surface area contributed by atoms with Crippen molar-refractivity contribution in [1.82, 2.24) is 9.55 Å². The van der Waals surface area contributed by atoms with E-state index in [0.717, 1.165) is 62.2 Å². The second kappa shape index (κ2) is 19.6. The summed E-state index contributed by atoms with van der Waals surface area (Å²) in [5.41, 5.74) is 18.6. The van der Waals surface area contributed by atoms with Crippen molar-refractivity contribution in [3.05, 3.63) is 307 Å². The van der Waals surface area contributed by atoms with Gasteiger partial charge in [0.2, 0.25) is 0 Å². The molecule has 0 amide bonds. The van der Waals surface area contributed by atoms with Crippen molar-refractivity contribution in [1.29, 1.82) is 0 Å². The van der Waals surface area contributed by atoms with Crippen LogP contribution in [0.3, 0.4) is 0 Å². The van der Waals surface area contributed by atoms with Crippen molar-refractivity contribution in [3.63, 3.8) is 0 Å². The Morgan fingerprint density at radius 2 is 1.24 bits per heavy atom. The standard InChI is InChI=1S/C77H57BN5O.Pt/c1-3-18-54(19-4-1)77(55-20-5-2-6-21-55)67-26-10-8-24-63(67)64-34-32-60(48-68(64)77)81-50-80(71-29-13-14-30-72(71)81)59-22-15-23-61(47-59)84-62-33-35-66-65-25-9-12-28-70(65)83(73(66)49-62)75-46-56(37-39-79-75)76(57-42-51-41-52(44-57)45-58(76)43-51)74-31-16-40-82-69-27-11-7-17-53(69)36-38-78(74)82;/h1-40,46,48,50-52,57-58H,41-45H2;/q-3;. The third kappa shape index (κ3) is 7.45. The molecule has 0 atom stereocenters. The molecule has 4 fully saturated rings. The first kappa shape index (κ1) is 50.6. The first-order chi connectivity index (χ1) is 41.6. The van der Waals surface area contributed by atoms with Crippen LogP contribution in [0.5, 0.6) is 11.5 Å². The molecule has 4 bridgehead atoms. The molecule has 19 rings (SSSR count). The molecule has 0 N–H and O–H groups in total. The summed E-state index contributed by atoms with van der Waals surface area (Å²) < 4.78 is 9.22. The zero-order chi connectivity index (χ0) is 55.1. The fourth-order valence-corrected chi connectivity index (χ4v) is 17.3. The molecule has 0 radical (unpaired) electrons. The summed E-state index contributed by atoms with van der Waals surface area (Å²) >= 11 is 0. The van der Waals surface area contributed by atoms with Crippen molar-refractivity contribution in [2.24, 2.45) is 23.7 Å². The Hall–Kier alpha value is -8.90. The maximum absolute atomic E-state index is 6.89. The van der Waals surface area contributed by atoms with Crippen molar-refractivity contribution >= 4 is 63.2 Å². The first-order valence-corrected chi connectivity index (χ1v) is 30.0. The molecule has 6 nitrogen and oxygen atoms in total. The van der Waals surface area contributed by atoms with Crippen LogP contribution in [0.15, 0.2) is 254 Å². The molecule has 5 aliphatic carbocycles. The summed E-state index contributed by atoms with van der Waals surface area (Å²) in [5.74, 6) is 7.37. The quantitative estimate of drug-likeness (QED) is 0.106. The number of hydrogen-bond acceptors (Lipinski definition) is 5. The summed E-state index contributed by atoms with van der Waals surface area (Å²) in [7, 11) is 0. The Bertz CT molecular complexity index is 4520. The largest absolute Gasteiger partial charge is 0.509 e. The van der Waals surface area contributed by atoms with Gasteiger partial charge in [-0.1, -0.05) is 169 Å². The van der Waals surface area contributed by atoms with Crippen molar-refractivity contribution in [2.75, 3.05) is 14.6 Å². The molecule has 0 unspecified atom stereocenters. The molecule has 11 aromatic rings. The Balaban J connectivity index is 0.00000567. The van der Waals surface area contributed by atoms with Crippen LogP contribution < -0.4 is 19.3 Å². The van der Waals surface area contributed by atoms with E-state index in [4.69, 9.17) is 9.72 Å². The summed E-state index contributed by atoms with van der Waals surface area (Å²) in [4.78, 5) is 12.4. The summed E-state index contributed by atoms with van der Waals surface area (Å²) in [6.45, 7) is 2.35. The summed E-state index contributed by atoms with van der Waals surface area (Å²) in [6.07, 6.45) is 18.1. The molecule has 8 aliphatic rings. The fraction of sp³-hybridized carbons (Fsp3) is 0.143. The van der Waals surface area contributed by atoms with Crippen LogP contribution in [0.4, 0.5) is 28.4 Å². The van der Waals surface area contributed by atoms with Gasteiger partial charge in [0, 0.05) is 72.4 Å². The molecule has 8 heteroatoms. The van der Waals surface area contributed by atoms with Crippen LogP contribution in [-0.2, 0) is 31.9 Å². The molecule has 9 aromatic carbocycles. The number of nitrogens with zero attached hydrogens (tertiary/aromatic N) is 5. The van der Waals surface area contributed by atoms with Crippen LogP contribution >= 0.6 is 0 Å². The molecular formula is C77H57BN5OPt-3. The van der Waals surface area contributed by atoms with Gasteiger partial charge in [0.1, 0.15) is 5.82 Å². The van der Waals surface area contributed by atoms with E-state index >= 15 is 0 Å². The fourth-order valence-electron chi connectivity index (χ4n) is 17.3. The second-order valence-electron chi connectivity index (χ2n) is 24.4. The number of pyridine rings is 1. The number of hydrogen-bond donors (Lipinski definition) is 0. The van der Waals surface area contributed by atoms with Crippen LogP contribution in [0.2, 0.25) is 0 Å². The van der Waals surface area contributed by atoms with E-state index in [0.29, 0.717) is 23.3 Å². The molecule has 412 valence electrons. The minimum atomic E-state index is -0.510. The molecule has 5 heterocycles. The van der Waals surface area contributed by atoms with E-state index < -0.39 is 5.41 Å². The van der Waals surface area contributed by atoms with E-state index in [-0.39, 0.29) is 33.3 Å². The molecule has 4 saturated carbocycles. The van der Waals surface area contributed by atoms with Gasteiger partial charge in [-0.2, -0.15) is 12.1 Å². The van der Waals surface area contributed by atoms with Gasteiger partial charge >= 0.3 is 6.85 Å². The van der Waals surface area contributed by atoms with Crippen LogP contribution in [0.1, 0.15) is 65.5 Å². The summed E-state index contributed by atoms with van der Waals surface area (Å²) in [5, 5.41) is 2.27. The molecule has 2 aromatic heterocycles. The topological polar surface area (TPSA) is 36.8 Å². The summed E-state index contributed by atoms with van der Waals surface area (Å²) in [6, 6.07) is 86.9. The Morgan fingerprint density at radius 1 is 0.553 bits per heavy atom. The minimum absolute atomic E-state index is 0. The predicted molar refractivity (Wildman–Crippen MR) is 341 cm³/mol. The predicted octanol–water partition coefficient (Wildman–Crippen LogP) is 18.1. The monoisotopic (exact) mass is 1270 g/mol. The van der Waals surface area contributed by atoms with E-state index in [1.165, 1.54) is 87.8 Å². The van der Waals surface area contributed by atoms with Gasteiger partial charge in [0.15, 0.2) is 0 Å². The smallest absolute Gasteiger partial charge is 0.316 e. The van der Waals surface area contributed by atoms with Gasteiger partial charge < -0.3 is 23.9 Å². The number of ether oxygens (including phenoxy) is 1. The van der Waals surface area contributed by atoms with Crippen LogP contribution in [0, 0.1) is 42.5 Å². The van der Waals surface area contributed by atoms with Gasteiger partial charge in [0.25, 0.3) is 0 Å². The molecule has 85 heavy (non-hydrogen) atoms. The number of allylic oxidation sites excluding steroid dienone is 3. The average molecular weight is 1270 g/mol. The normalized spacial score (nSPS) is 21.5. The van der Waals surface area contributed by atoms with E-state index in [2.05, 4.69) is 281 Å². The minimum Gasteiger partial charge on any atom is -0.509 e. The first-order valence-electron chi connectivity index (χ1n) is 30.0. The van der Waals surface area contributed by atoms with Gasteiger partial charge in [-0.05, 0) is 166 Å². The van der Waals surface area contributed by atoms with Crippen molar-refractivity contribution in [2.45, 2.75) is 42.9 Å². The Morgan fingerprint density at radius 3 is 2.04 bits per heavy atom. The number of benzene rings is 9. The number of aromatic nitrogens is 2. The zero-order valence-electron chi connectivity index (χ0n) is 46.7. The molecule has 0 spiro atoms. The third-order valence-corrected chi connectivity index (χ3v) is 20.3. The maximum Gasteiger partial charge on any atom is 0.316 e. The maximum atomic E-state index is 6.89. The number of anilines is 5. The van der Waals surface area contributed by atoms with Gasteiger partial charge in [-0.3, -0.25) is 0 Å². The number of rotatable bonds is 9. The second-order valence-corrected chi connectivity index (χ2v) is 24.4. The third-order valence-electron chi connectivity index (χ3n) is 20.3. The Kier molecular flexibility index (Phi) is 11.7. The van der Waals surface area contributed by atoms with E-state index in [1.54, 1.807) is 0 Å². The van der Waals surface area contributed by atoms with Gasteiger partial charge in [0.05, 0.1) is 5.41 Å². The SMILES string of the molecule is [Pt].[c-]1c(Oc2[c-]c3c(cc2)c2ccccc2n3-c2cc(C3(C4=CC=CN5B4C=Cc4ccccc45)C4CC5CC(C4)CC3C5)ccn2)cccc1N1[CH-]N(c2ccc3c(c2)C(c2ccccc2)(c2ccccc2)c2ccccc2-3)c2ccccc21. The molecule has 3 aliphatic heterocycles. The van der Waals surface area contributed by atoms with E-state index in [1.807, 2.05) is 12.1 Å². The molecular weight excluding hydrogens is 1220 g/mol. The van der Waals surface area contributed by atoms with Crippen molar-refractivity contribution in [3.8, 4) is 28.4 Å². The van der Waals surface area contributed by atoms with Gasteiger partial charge in [-0.15, -0.1) is 48.1 Å². The number of para-hydroxylation sites is 4. The number of fused-ring (bicyclic) bond motifs is 10. The van der Waals surface area contributed by atoms with Crippen LogP contribution in [0.25, 0.3) is 44.8 Å².